The van der Waals surface area contributed by atoms with Gasteiger partial charge in [-0.05, 0) is 91.2 Å². The summed E-state index contributed by atoms with van der Waals surface area (Å²) in [5.41, 5.74) is 11.2. The molecular formula is C37H41N5. The number of H-pyrrole nitrogens is 2. The van der Waals surface area contributed by atoms with Gasteiger partial charge >= 0.3 is 0 Å². The number of rotatable bonds is 12. The van der Waals surface area contributed by atoms with Gasteiger partial charge in [0, 0.05) is 28.3 Å². The molecule has 0 saturated carbocycles. The van der Waals surface area contributed by atoms with Gasteiger partial charge in [0.25, 0.3) is 0 Å². The number of aryl methyl sites for hydroxylation is 1. The Hall–Kier alpha value is -4.25. The number of aromatic amines is 2. The van der Waals surface area contributed by atoms with Crippen molar-refractivity contribution in [2.45, 2.75) is 77.6 Å². The third-order valence-corrected chi connectivity index (χ3v) is 8.11. The van der Waals surface area contributed by atoms with Crippen molar-refractivity contribution in [3.8, 4) is 11.3 Å². The minimum absolute atomic E-state index is 0.919. The molecule has 2 aliphatic heterocycles. The summed E-state index contributed by atoms with van der Waals surface area (Å²) in [4.78, 5) is 21.7. The quantitative estimate of drug-likeness (QED) is 0.148. The maximum Gasteiger partial charge on any atom is 0.0755 e. The number of hydrogen-bond donors (Lipinski definition) is 2. The lowest BCUT2D eigenvalue weighted by Crippen LogP contribution is -1.93. The zero-order valence-electron chi connectivity index (χ0n) is 24.7. The van der Waals surface area contributed by atoms with Crippen molar-refractivity contribution in [2.75, 3.05) is 0 Å². The first-order valence-corrected chi connectivity index (χ1v) is 15.8. The van der Waals surface area contributed by atoms with Crippen LogP contribution in [0.4, 0.5) is 0 Å². The van der Waals surface area contributed by atoms with E-state index < -0.39 is 0 Å². The Morgan fingerprint density at radius 2 is 1.14 bits per heavy atom. The van der Waals surface area contributed by atoms with Gasteiger partial charge in [-0.15, -0.1) is 0 Å². The molecule has 2 N–H and O–H groups in total. The van der Waals surface area contributed by atoms with Crippen molar-refractivity contribution >= 4 is 46.4 Å². The van der Waals surface area contributed by atoms with Crippen molar-refractivity contribution in [1.82, 2.24) is 24.9 Å². The summed E-state index contributed by atoms with van der Waals surface area (Å²) in [6, 6.07) is 19.0. The molecule has 5 heteroatoms. The second-order valence-corrected chi connectivity index (χ2v) is 11.5. The van der Waals surface area contributed by atoms with Crippen molar-refractivity contribution < 1.29 is 0 Å². The highest BCUT2D eigenvalue weighted by molar-refractivity contribution is 5.87. The van der Waals surface area contributed by atoms with E-state index in [4.69, 9.17) is 15.0 Å². The monoisotopic (exact) mass is 555 g/mol. The van der Waals surface area contributed by atoms with Crippen molar-refractivity contribution in [2.24, 2.45) is 0 Å². The summed E-state index contributed by atoms with van der Waals surface area (Å²) in [6.45, 7) is 2.28. The Kier molecular flexibility index (Phi) is 9.04. The van der Waals surface area contributed by atoms with E-state index in [1.165, 1.54) is 69.8 Å². The molecule has 0 saturated heterocycles. The van der Waals surface area contributed by atoms with E-state index in [1.807, 2.05) is 6.20 Å². The van der Waals surface area contributed by atoms with Crippen LogP contribution in [0.1, 0.15) is 99.5 Å². The molecule has 4 aromatic heterocycles. The van der Waals surface area contributed by atoms with E-state index in [-0.39, 0.29) is 0 Å². The summed E-state index contributed by atoms with van der Waals surface area (Å²) in [5.74, 6) is 0. The number of nitrogens with zero attached hydrogens (tertiary/aromatic N) is 3. The Morgan fingerprint density at radius 3 is 1.79 bits per heavy atom. The minimum Gasteiger partial charge on any atom is -0.355 e. The predicted octanol–water partition coefficient (Wildman–Crippen LogP) is 10.2. The maximum atomic E-state index is 4.90. The molecule has 4 aromatic rings. The molecular weight excluding hydrogens is 514 g/mol. The molecule has 214 valence electrons. The highest BCUT2D eigenvalue weighted by Crippen LogP contribution is 2.30. The van der Waals surface area contributed by atoms with Crippen LogP contribution in [-0.2, 0) is 6.42 Å². The van der Waals surface area contributed by atoms with Gasteiger partial charge in [0.1, 0.15) is 0 Å². The summed E-state index contributed by atoms with van der Waals surface area (Å²) in [7, 11) is 0. The fourth-order valence-electron chi connectivity index (χ4n) is 5.90. The van der Waals surface area contributed by atoms with Crippen molar-refractivity contribution in [1.29, 1.82) is 0 Å². The third kappa shape index (κ3) is 7.14. The molecule has 0 spiro atoms. The van der Waals surface area contributed by atoms with Crippen LogP contribution in [-0.4, -0.2) is 24.9 Å². The van der Waals surface area contributed by atoms with E-state index in [0.29, 0.717) is 0 Å². The minimum atomic E-state index is 0.919. The number of pyridine rings is 1. The van der Waals surface area contributed by atoms with Crippen molar-refractivity contribution in [3.05, 3.63) is 89.1 Å². The molecule has 0 atom stereocenters. The average Bonchev–Trinajstić information content (AvgIpc) is 3.80. The van der Waals surface area contributed by atoms with Gasteiger partial charge in [0.15, 0.2) is 0 Å². The van der Waals surface area contributed by atoms with Gasteiger partial charge in [0.2, 0.25) is 0 Å². The Balaban J connectivity index is 1.28. The molecule has 0 unspecified atom stereocenters. The van der Waals surface area contributed by atoms with Crippen molar-refractivity contribution in [3.63, 3.8) is 0 Å². The summed E-state index contributed by atoms with van der Waals surface area (Å²) in [6.07, 6.45) is 24.6. The van der Waals surface area contributed by atoms with Gasteiger partial charge < -0.3 is 9.97 Å². The number of hydrogen-bond acceptors (Lipinski definition) is 3. The largest absolute Gasteiger partial charge is 0.355 e. The van der Waals surface area contributed by atoms with Crippen LogP contribution in [0, 0.1) is 0 Å². The number of nitrogens with one attached hydrogen (secondary N) is 2. The molecule has 6 heterocycles. The predicted molar refractivity (Wildman–Crippen MR) is 178 cm³/mol. The smallest absolute Gasteiger partial charge is 0.0755 e. The molecule has 0 aromatic carbocycles. The van der Waals surface area contributed by atoms with Crippen LogP contribution in [0.2, 0.25) is 0 Å². The Labute approximate surface area is 248 Å². The Morgan fingerprint density at radius 1 is 0.571 bits per heavy atom. The average molecular weight is 556 g/mol. The topological polar surface area (TPSA) is 70.2 Å². The highest BCUT2D eigenvalue weighted by atomic mass is 14.8. The number of fused-ring (bicyclic) bond motifs is 8. The molecule has 8 bridgehead atoms. The first-order valence-electron chi connectivity index (χ1n) is 15.8. The van der Waals surface area contributed by atoms with E-state index in [1.54, 1.807) is 0 Å². The molecule has 5 nitrogen and oxygen atoms in total. The summed E-state index contributed by atoms with van der Waals surface area (Å²) < 4.78 is 0. The van der Waals surface area contributed by atoms with Crippen LogP contribution in [0.5, 0.6) is 0 Å². The first kappa shape index (κ1) is 27.9. The lowest BCUT2D eigenvalue weighted by atomic mass is 10.00. The normalized spacial score (nSPS) is 12.3. The molecule has 0 radical (unpaired) electrons. The SMILES string of the molecule is CCCCCCCCCCCCc1cccnc1-c1cc2cc3nc(cc4ccc(cc5nc(cc1[nH]2)C=C5)[nH]4)C=C3. The van der Waals surface area contributed by atoms with Crippen LogP contribution >= 0.6 is 0 Å². The second-order valence-electron chi connectivity index (χ2n) is 11.5. The molecule has 0 aliphatic carbocycles. The standard InChI is InChI=1S/C37H41N5/c1-2-3-4-5-6-7-8-9-10-11-13-27-14-12-21-38-37(27)35-25-34-24-32-18-17-30(40-32)22-28-15-16-29(39-28)23-31-19-20-33(41-31)26-36(35)42-34/h12,14-26,39,42H,2-11,13H2,1H3. The van der Waals surface area contributed by atoms with Gasteiger partial charge in [-0.25, -0.2) is 9.97 Å². The summed E-state index contributed by atoms with van der Waals surface area (Å²) >= 11 is 0. The lowest BCUT2D eigenvalue weighted by Gasteiger charge is -2.08. The van der Waals surface area contributed by atoms with Crippen LogP contribution in [0.3, 0.4) is 0 Å². The molecule has 42 heavy (non-hydrogen) atoms. The second kappa shape index (κ2) is 13.6. The molecule has 0 fully saturated rings. The van der Waals surface area contributed by atoms with Crippen LogP contribution in [0.25, 0.3) is 57.6 Å². The lowest BCUT2D eigenvalue weighted by molar-refractivity contribution is 0.556. The highest BCUT2D eigenvalue weighted by Gasteiger charge is 2.12. The summed E-state index contributed by atoms with van der Waals surface area (Å²) in [5, 5.41) is 0. The fourth-order valence-corrected chi connectivity index (χ4v) is 5.90. The zero-order valence-corrected chi connectivity index (χ0v) is 24.7. The number of unbranched alkanes of at least 4 members (excludes halogenated alkanes) is 9. The first-order chi connectivity index (χ1) is 20.7. The molecule has 6 rings (SSSR count). The molecule has 0 amide bonds. The van der Waals surface area contributed by atoms with Crippen LogP contribution < -0.4 is 0 Å². The fraction of sp³-hybridized carbons (Fsp3) is 0.324. The van der Waals surface area contributed by atoms with E-state index in [0.717, 1.165) is 62.5 Å². The van der Waals surface area contributed by atoms with Gasteiger partial charge in [-0.3, -0.25) is 4.98 Å². The van der Waals surface area contributed by atoms with E-state index in [2.05, 4.69) is 95.8 Å². The van der Waals surface area contributed by atoms with Crippen LogP contribution in [0.15, 0.2) is 60.8 Å². The molecule has 2 aliphatic rings. The zero-order chi connectivity index (χ0) is 28.6. The van der Waals surface area contributed by atoms with Gasteiger partial charge in [-0.2, -0.15) is 0 Å². The number of aromatic nitrogens is 5. The Bertz CT molecular complexity index is 1740. The van der Waals surface area contributed by atoms with Gasteiger partial charge in [-0.1, -0.05) is 70.8 Å². The van der Waals surface area contributed by atoms with E-state index >= 15 is 0 Å². The van der Waals surface area contributed by atoms with Gasteiger partial charge in [0.05, 0.1) is 34.0 Å². The maximum absolute atomic E-state index is 4.90. The third-order valence-electron chi connectivity index (χ3n) is 8.11. The van der Waals surface area contributed by atoms with E-state index in [9.17, 15) is 0 Å².